The molecule has 0 aromatic carbocycles. The highest BCUT2D eigenvalue weighted by atomic mass is 16.6. The molecule has 0 rings (SSSR count). The Kier molecular flexibility index (Phi) is 55.3. The molecule has 1 atom stereocenters. The largest absolute Gasteiger partial charge is 0.462 e. The summed E-state index contributed by atoms with van der Waals surface area (Å²) in [4.78, 5) is 38.1. The van der Waals surface area contributed by atoms with Gasteiger partial charge in [0.1, 0.15) is 13.2 Å². The molecule has 6 heteroatoms. The van der Waals surface area contributed by atoms with Crippen molar-refractivity contribution in [2.75, 3.05) is 13.2 Å². The monoisotopic (exact) mass is 975 g/mol. The lowest BCUT2D eigenvalue weighted by Gasteiger charge is -2.18. The van der Waals surface area contributed by atoms with Crippen molar-refractivity contribution in [2.24, 2.45) is 0 Å². The zero-order chi connectivity index (χ0) is 50.7. The van der Waals surface area contributed by atoms with E-state index in [-0.39, 0.29) is 31.1 Å². The van der Waals surface area contributed by atoms with Gasteiger partial charge in [-0.05, 0) is 89.9 Å². The molecule has 0 aliphatic rings. The molecule has 0 aliphatic heterocycles. The smallest absolute Gasteiger partial charge is 0.306 e. The lowest BCUT2D eigenvalue weighted by molar-refractivity contribution is -0.167. The SMILES string of the molecule is CC/C=C\C/C=C\C/C=C\C/C=C\C/C=C\CCCCCCCCCCCCCC(=O)OCC(COC(=O)CCCCCCCCCCCCCC)OC(=O)CCCCCCC/C=C\C/C=C\CCC. The summed E-state index contributed by atoms with van der Waals surface area (Å²) < 4.78 is 16.8. The molecule has 0 saturated heterocycles. The number of esters is 3. The minimum atomic E-state index is -0.783. The fraction of sp³-hybridized carbons (Fsp3) is 0.734. The van der Waals surface area contributed by atoms with Crippen molar-refractivity contribution in [1.29, 1.82) is 0 Å². The van der Waals surface area contributed by atoms with Crippen LogP contribution in [0.4, 0.5) is 0 Å². The molecule has 6 nitrogen and oxygen atoms in total. The summed E-state index contributed by atoms with van der Waals surface area (Å²) >= 11 is 0. The molecule has 0 amide bonds. The van der Waals surface area contributed by atoms with E-state index >= 15 is 0 Å². The van der Waals surface area contributed by atoms with Crippen molar-refractivity contribution in [1.82, 2.24) is 0 Å². The third-order valence-corrected chi connectivity index (χ3v) is 12.6. The Labute approximate surface area is 433 Å². The Morgan fingerprint density at radius 2 is 0.586 bits per heavy atom. The first kappa shape index (κ1) is 66.6. The Balaban J connectivity index is 4.24. The number of hydrogen-bond acceptors (Lipinski definition) is 6. The zero-order valence-electron chi connectivity index (χ0n) is 46.0. The molecule has 0 aromatic heterocycles. The van der Waals surface area contributed by atoms with Crippen LogP contribution in [0.2, 0.25) is 0 Å². The number of hydrogen-bond donors (Lipinski definition) is 0. The molecule has 0 spiro atoms. The van der Waals surface area contributed by atoms with E-state index in [9.17, 15) is 14.4 Å². The molecular weight excluding hydrogens is 865 g/mol. The molecule has 0 aliphatic carbocycles. The Hall–Kier alpha value is -3.41. The van der Waals surface area contributed by atoms with Crippen molar-refractivity contribution >= 4 is 17.9 Å². The second-order valence-electron chi connectivity index (χ2n) is 19.5. The standard InChI is InChI=1S/C64H110O6/c1-4-7-10-13-16-19-22-25-26-27-28-29-30-31-32-33-34-35-36-37-38-40-42-45-48-51-54-57-63(66)69-60-61(59-68-62(65)56-53-50-47-44-41-24-21-18-15-12-9-6-3)70-64(67)58-55-52-49-46-43-39-23-20-17-14-11-8-5-2/h7,10-11,14,16,19-20,23,25-26,28-29,31-32,61H,4-6,8-9,12-13,15,17-18,21-22,24,27,30,33-60H2,1-3H3/b10-7-,14-11-,19-16-,23-20-,26-25-,29-28-,32-31-. The molecule has 0 radical (unpaired) electrons. The van der Waals surface area contributed by atoms with E-state index in [4.69, 9.17) is 14.2 Å². The molecule has 0 heterocycles. The number of carbonyl (C=O) groups is 3. The maximum atomic E-state index is 12.8. The minimum absolute atomic E-state index is 0.0802. The summed E-state index contributed by atoms with van der Waals surface area (Å²) in [5, 5.41) is 0. The predicted molar refractivity (Wildman–Crippen MR) is 302 cm³/mol. The highest BCUT2D eigenvalue weighted by Gasteiger charge is 2.19. The fourth-order valence-electron chi connectivity index (χ4n) is 8.21. The predicted octanol–water partition coefficient (Wildman–Crippen LogP) is 19.9. The van der Waals surface area contributed by atoms with E-state index in [1.165, 1.54) is 122 Å². The van der Waals surface area contributed by atoms with Crippen LogP contribution in [-0.2, 0) is 28.6 Å². The average molecular weight is 976 g/mol. The number of ether oxygens (including phenoxy) is 3. The third kappa shape index (κ3) is 55.5. The molecule has 402 valence electrons. The molecule has 1 unspecified atom stereocenters. The molecule has 0 fully saturated rings. The quantitative estimate of drug-likeness (QED) is 0.0261. The van der Waals surface area contributed by atoms with Crippen LogP contribution in [0.5, 0.6) is 0 Å². The topological polar surface area (TPSA) is 78.9 Å². The van der Waals surface area contributed by atoms with Gasteiger partial charge in [0.05, 0.1) is 0 Å². The molecule has 0 aromatic rings. The van der Waals surface area contributed by atoms with Gasteiger partial charge in [0, 0.05) is 19.3 Å². The molecule has 0 N–H and O–H groups in total. The van der Waals surface area contributed by atoms with E-state index in [0.29, 0.717) is 19.3 Å². The highest BCUT2D eigenvalue weighted by molar-refractivity contribution is 5.71. The van der Waals surface area contributed by atoms with Crippen molar-refractivity contribution < 1.29 is 28.6 Å². The van der Waals surface area contributed by atoms with Crippen molar-refractivity contribution in [3.05, 3.63) is 85.1 Å². The van der Waals surface area contributed by atoms with Gasteiger partial charge in [-0.25, -0.2) is 0 Å². The Bertz CT molecular complexity index is 1350. The van der Waals surface area contributed by atoms with E-state index in [2.05, 4.69) is 106 Å². The van der Waals surface area contributed by atoms with Gasteiger partial charge in [0.15, 0.2) is 6.10 Å². The summed E-state index contributed by atoms with van der Waals surface area (Å²) in [6.07, 6.45) is 75.8. The fourth-order valence-corrected chi connectivity index (χ4v) is 8.21. The molecule has 70 heavy (non-hydrogen) atoms. The maximum Gasteiger partial charge on any atom is 0.306 e. The van der Waals surface area contributed by atoms with Crippen LogP contribution in [0.15, 0.2) is 85.1 Å². The van der Waals surface area contributed by atoms with Crippen molar-refractivity contribution in [3.8, 4) is 0 Å². The maximum absolute atomic E-state index is 12.8. The summed E-state index contributed by atoms with van der Waals surface area (Å²) in [6.45, 7) is 6.46. The van der Waals surface area contributed by atoms with Gasteiger partial charge in [-0.1, -0.05) is 260 Å². The molecule has 0 saturated carbocycles. The lowest BCUT2D eigenvalue weighted by Crippen LogP contribution is -2.30. The minimum Gasteiger partial charge on any atom is -0.462 e. The second-order valence-corrected chi connectivity index (χ2v) is 19.5. The van der Waals surface area contributed by atoms with Crippen LogP contribution in [0, 0.1) is 0 Å². The number of unbranched alkanes of at least 4 members (excludes halogenated alkanes) is 28. The van der Waals surface area contributed by atoms with E-state index < -0.39 is 6.10 Å². The van der Waals surface area contributed by atoms with Crippen LogP contribution in [0.3, 0.4) is 0 Å². The number of allylic oxidation sites excluding steroid dienone is 14. The molecule has 0 bridgehead atoms. The first-order valence-corrected chi connectivity index (χ1v) is 29.6. The Morgan fingerprint density at radius 1 is 0.300 bits per heavy atom. The van der Waals surface area contributed by atoms with Gasteiger partial charge >= 0.3 is 17.9 Å². The molecular formula is C64H110O6. The van der Waals surface area contributed by atoms with Gasteiger partial charge in [0.2, 0.25) is 0 Å². The van der Waals surface area contributed by atoms with Crippen LogP contribution in [-0.4, -0.2) is 37.2 Å². The van der Waals surface area contributed by atoms with Gasteiger partial charge in [-0.3, -0.25) is 14.4 Å². The summed E-state index contributed by atoms with van der Waals surface area (Å²) in [5.41, 5.74) is 0. The Morgan fingerprint density at radius 3 is 0.929 bits per heavy atom. The van der Waals surface area contributed by atoms with Gasteiger partial charge in [-0.15, -0.1) is 0 Å². The van der Waals surface area contributed by atoms with Gasteiger partial charge in [-0.2, -0.15) is 0 Å². The van der Waals surface area contributed by atoms with Gasteiger partial charge < -0.3 is 14.2 Å². The first-order chi connectivity index (χ1) is 34.5. The summed E-state index contributed by atoms with van der Waals surface area (Å²) in [7, 11) is 0. The number of carbonyl (C=O) groups excluding carboxylic acids is 3. The van der Waals surface area contributed by atoms with E-state index in [1.807, 2.05) is 0 Å². The van der Waals surface area contributed by atoms with E-state index in [1.54, 1.807) is 0 Å². The average Bonchev–Trinajstić information content (AvgIpc) is 3.36. The zero-order valence-corrected chi connectivity index (χ0v) is 46.0. The van der Waals surface area contributed by atoms with E-state index in [0.717, 1.165) is 122 Å². The van der Waals surface area contributed by atoms with Crippen LogP contribution >= 0.6 is 0 Å². The van der Waals surface area contributed by atoms with Crippen LogP contribution < -0.4 is 0 Å². The van der Waals surface area contributed by atoms with Crippen LogP contribution in [0.1, 0.15) is 284 Å². The lowest BCUT2D eigenvalue weighted by atomic mass is 10.0. The normalized spacial score (nSPS) is 12.7. The van der Waals surface area contributed by atoms with Crippen LogP contribution in [0.25, 0.3) is 0 Å². The summed E-state index contributed by atoms with van der Waals surface area (Å²) in [6, 6.07) is 0. The third-order valence-electron chi connectivity index (χ3n) is 12.6. The van der Waals surface area contributed by atoms with Crippen molar-refractivity contribution in [3.63, 3.8) is 0 Å². The van der Waals surface area contributed by atoms with Gasteiger partial charge in [0.25, 0.3) is 0 Å². The summed E-state index contributed by atoms with van der Waals surface area (Å²) in [5.74, 6) is -0.891. The van der Waals surface area contributed by atoms with Crippen molar-refractivity contribution in [2.45, 2.75) is 290 Å². The first-order valence-electron chi connectivity index (χ1n) is 29.6. The highest BCUT2D eigenvalue weighted by Crippen LogP contribution is 2.16. The second kappa shape index (κ2) is 58.2. The number of rotatable bonds is 53.